The van der Waals surface area contributed by atoms with Gasteiger partial charge in [0.15, 0.2) is 11.0 Å². The van der Waals surface area contributed by atoms with E-state index in [0.29, 0.717) is 11.0 Å². The Labute approximate surface area is 108 Å². The normalized spacial score (nSPS) is 11.1. The number of aromatic nitrogens is 3. The second kappa shape index (κ2) is 5.26. The van der Waals surface area contributed by atoms with Crippen molar-refractivity contribution in [3.63, 3.8) is 0 Å². The fourth-order valence-electron chi connectivity index (χ4n) is 1.56. The lowest BCUT2D eigenvalue weighted by molar-refractivity contribution is -0.133. The highest BCUT2D eigenvalue weighted by Gasteiger charge is 2.18. The van der Waals surface area contributed by atoms with E-state index in [-0.39, 0.29) is 11.8 Å². The van der Waals surface area contributed by atoms with E-state index < -0.39 is 5.97 Å². The topological polar surface area (TPSA) is 81.2 Å². The Hall–Kier alpha value is -1.76. The van der Waals surface area contributed by atoms with Gasteiger partial charge in [-0.05, 0) is 19.9 Å². The molecule has 0 saturated heterocycles. The standard InChI is InChI=1S/C11H13N3O3S/c1-7(2)14-10(8-3-4-17-5-8)12-13-11(14)18-6-9(15)16/h3-5,7H,6H2,1-2H3,(H,15,16). The molecule has 0 aliphatic rings. The Morgan fingerprint density at radius 3 is 2.89 bits per heavy atom. The van der Waals surface area contributed by atoms with Crippen molar-refractivity contribution in [2.24, 2.45) is 0 Å². The first-order chi connectivity index (χ1) is 8.59. The number of nitrogens with zero attached hydrogens (tertiary/aromatic N) is 3. The molecule has 0 aromatic carbocycles. The van der Waals surface area contributed by atoms with Crippen molar-refractivity contribution in [3.05, 3.63) is 18.6 Å². The quantitative estimate of drug-likeness (QED) is 0.837. The van der Waals surface area contributed by atoms with Crippen molar-refractivity contribution < 1.29 is 14.3 Å². The molecule has 2 aromatic rings. The molecule has 2 rings (SSSR count). The van der Waals surface area contributed by atoms with Gasteiger partial charge >= 0.3 is 5.97 Å². The van der Waals surface area contributed by atoms with Gasteiger partial charge in [0.05, 0.1) is 17.6 Å². The SMILES string of the molecule is CC(C)n1c(SCC(=O)O)nnc1-c1ccoc1. The molecule has 96 valence electrons. The van der Waals surface area contributed by atoms with Crippen LogP contribution in [0.4, 0.5) is 0 Å². The zero-order valence-electron chi connectivity index (χ0n) is 10.0. The smallest absolute Gasteiger partial charge is 0.313 e. The molecule has 7 heteroatoms. The van der Waals surface area contributed by atoms with Gasteiger partial charge in [-0.1, -0.05) is 11.8 Å². The lowest BCUT2D eigenvalue weighted by Crippen LogP contribution is -2.06. The molecule has 0 unspecified atom stereocenters. The zero-order valence-corrected chi connectivity index (χ0v) is 10.8. The van der Waals surface area contributed by atoms with Crippen LogP contribution in [0.2, 0.25) is 0 Å². The van der Waals surface area contributed by atoms with Gasteiger partial charge in [-0.3, -0.25) is 9.36 Å². The highest BCUT2D eigenvalue weighted by molar-refractivity contribution is 7.99. The molecule has 0 radical (unpaired) electrons. The predicted octanol–water partition coefficient (Wildman–Crippen LogP) is 2.30. The van der Waals surface area contributed by atoms with Crippen molar-refractivity contribution >= 4 is 17.7 Å². The fraction of sp³-hybridized carbons (Fsp3) is 0.364. The van der Waals surface area contributed by atoms with Crippen LogP contribution in [-0.2, 0) is 4.79 Å². The molecule has 0 saturated carbocycles. The van der Waals surface area contributed by atoms with Gasteiger partial charge in [-0.2, -0.15) is 0 Å². The second-order valence-electron chi connectivity index (χ2n) is 3.96. The van der Waals surface area contributed by atoms with Crippen molar-refractivity contribution in [2.75, 3.05) is 5.75 Å². The molecule has 18 heavy (non-hydrogen) atoms. The van der Waals surface area contributed by atoms with E-state index in [2.05, 4.69) is 10.2 Å². The Kier molecular flexibility index (Phi) is 3.71. The number of carboxylic acids is 1. The lowest BCUT2D eigenvalue weighted by Gasteiger charge is -2.12. The Morgan fingerprint density at radius 1 is 1.56 bits per heavy atom. The van der Waals surface area contributed by atoms with Crippen LogP contribution in [0.25, 0.3) is 11.4 Å². The molecule has 0 spiro atoms. The molecular formula is C11H13N3O3S. The van der Waals surface area contributed by atoms with Gasteiger partial charge < -0.3 is 9.52 Å². The number of thioether (sulfide) groups is 1. The van der Waals surface area contributed by atoms with Gasteiger partial charge in [-0.25, -0.2) is 0 Å². The summed E-state index contributed by atoms with van der Waals surface area (Å²) in [6.45, 7) is 4.00. The third-order valence-electron chi connectivity index (χ3n) is 2.29. The average molecular weight is 267 g/mol. The van der Waals surface area contributed by atoms with Gasteiger partial charge in [0.25, 0.3) is 0 Å². The van der Waals surface area contributed by atoms with E-state index in [1.165, 1.54) is 0 Å². The van der Waals surface area contributed by atoms with E-state index in [1.807, 2.05) is 18.4 Å². The van der Waals surface area contributed by atoms with Gasteiger partial charge in [0.2, 0.25) is 0 Å². The largest absolute Gasteiger partial charge is 0.481 e. The third kappa shape index (κ3) is 2.56. The molecule has 0 aliphatic heterocycles. The van der Waals surface area contributed by atoms with Gasteiger partial charge in [-0.15, -0.1) is 10.2 Å². The van der Waals surface area contributed by atoms with Crippen molar-refractivity contribution in [1.82, 2.24) is 14.8 Å². The minimum Gasteiger partial charge on any atom is -0.481 e. The van der Waals surface area contributed by atoms with Crippen LogP contribution in [0.15, 0.2) is 28.2 Å². The van der Waals surface area contributed by atoms with Gasteiger partial charge in [0, 0.05) is 6.04 Å². The van der Waals surface area contributed by atoms with Crippen molar-refractivity contribution in [2.45, 2.75) is 25.0 Å². The van der Waals surface area contributed by atoms with Crippen LogP contribution < -0.4 is 0 Å². The molecule has 2 heterocycles. The summed E-state index contributed by atoms with van der Waals surface area (Å²) in [7, 11) is 0. The van der Waals surface area contributed by atoms with E-state index in [1.54, 1.807) is 18.6 Å². The third-order valence-corrected chi connectivity index (χ3v) is 3.21. The molecule has 0 atom stereocenters. The highest BCUT2D eigenvalue weighted by Crippen LogP contribution is 2.27. The Balaban J connectivity index is 2.34. The van der Waals surface area contributed by atoms with E-state index >= 15 is 0 Å². The number of hydrogen-bond donors (Lipinski definition) is 1. The number of hydrogen-bond acceptors (Lipinski definition) is 5. The molecule has 0 fully saturated rings. The van der Waals surface area contributed by atoms with Gasteiger partial charge in [0.1, 0.15) is 6.26 Å². The molecule has 1 N–H and O–H groups in total. The van der Waals surface area contributed by atoms with E-state index in [9.17, 15) is 4.79 Å². The predicted molar refractivity (Wildman–Crippen MR) is 66.5 cm³/mol. The number of aliphatic carboxylic acids is 1. The summed E-state index contributed by atoms with van der Waals surface area (Å²) in [5.41, 5.74) is 0.832. The van der Waals surface area contributed by atoms with Crippen LogP contribution >= 0.6 is 11.8 Å². The zero-order chi connectivity index (χ0) is 13.1. The molecule has 0 amide bonds. The van der Waals surface area contributed by atoms with Crippen LogP contribution in [-0.4, -0.2) is 31.6 Å². The minimum absolute atomic E-state index is 0.0315. The average Bonchev–Trinajstić information content (AvgIpc) is 2.94. The fourth-order valence-corrected chi connectivity index (χ4v) is 2.34. The molecule has 0 bridgehead atoms. The maximum Gasteiger partial charge on any atom is 0.313 e. The summed E-state index contributed by atoms with van der Waals surface area (Å²) in [5.74, 6) is -0.217. The molecule has 6 nitrogen and oxygen atoms in total. The summed E-state index contributed by atoms with van der Waals surface area (Å²) in [5, 5.41) is 17.4. The number of rotatable bonds is 5. The maximum atomic E-state index is 10.6. The summed E-state index contributed by atoms with van der Waals surface area (Å²) in [6, 6.07) is 1.94. The monoisotopic (exact) mass is 267 g/mol. The first-order valence-electron chi connectivity index (χ1n) is 5.41. The van der Waals surface area contributed by atoms with Crippen LogP contribution in [0.5, 0.6) is 0 Å². The molecule has 2 aromatic heterocycles. The first-order valence-corrected chi connectivity index (χ1v) is 6.40. The number of carbonyl (C=O) groups is 1. The Morgan fingerprint density at radius 2 is 2.33 bits per heavy atom. The number of furan rings is 1. The van der Waals surface area contributed by atoms with E-state index in [4.69, 9.17) is 9.52 Å². The van der Waals surface area contributed by atoms with Crippen LogP contribution in [0.3, 0.4) is 0 Å². The molecular weight excluding hydrogens is 254 g/mol. The number of carboxylic acid groups (broad SMARTS) is 1. The summed E-state index contributed by atoms with van der Waals surface area (Å²) >= 11 is 1.16. The lowest BCUT2D eigenvalue weighted by atomic mass is 10.3. The van der Waals surface area contributed by atoms with Crippen molar-refractivity contribution in [3.8, 4) is 11.4 Å². The highest BCUT2D eigenvalue weighted by atomic mass is 32.2. The summed E-state index contributed by atoms with van der Waals surface area (Å²) < 4.78 is 6.93. The summed E-state index contributed by atoms with van der Waals surface area (Å²) in [4.78, 5) is 10.6. The van der Waals surface area contributed by atoms with Crippen LogP contribution in [0.1, 0.15) is 19.9 Å². The molecule has 0 aliphatic carbocycles. The first kappa shape index (κ1) is 12.7. The minimum atomic E-state index is -0.872. The van der Waals surface area contributed by atoms with Crippen LogP contribution in [0, 0.1) is 0 Å². The second-order valence-corrected chi connectivity index (χ2v) is 4.91. The van der Waals surface area contributed by atoms with Crippen molar-refractivity contribution in [1.29, 1.82) is 0 Å². The summed E-state index contributed by atoms with van der Waals surface area (Å²) in [6.07, 6.45) is 3.16. The Bertz CT molecular complexity index is 534. The van der Waals surface area contributed by atoms with E-state index in [0.717, 1.165) is 17.3 Å². The maximum absolute atomic E-state index is 10.6.